The molecule has 0 aliphatic rings. The molecule has 0 aliphatic carbocycles. The smallest absolute Gasteiger partial charge is 0.227 e. The summed E-state index contributed by atoms with van der Waals surface area (Å²) in [5.74, 6) is 0.682. The van der Waals surface area contributed by atoms with Crippen LogP contribution in [0.15, 0.2) is 18.2 Å². The van der Waals surface area contributed by atoms with Crippen molar-refractivity contribution < 1.29 is 9.53 Å². The molecular weight excluding hydrogens is 230 g/mol. The molecule has 0 fully saturated rings. The van der Waals surface area contributed by atoms with E-state index in [0.29, 0.717) is 18.0 Å². The number of benzene rings is 1. The van der Waals surface area contributed by atoms with Crippen molar-refractivity contribution in [2.24, 2.45) is 5.41 Å². The average Bonchev–Trinajstić information content (AvgIpc) is 2.34. The Morgan fingerprint density at radius 2 is 2.06 bits per heavy atom. The number of carbonyl (C=O) groups excluding carboxylic acids is 1. The predicted molar refractivity (Wildman–Crippen MR) is 73.7 cm³/mol. The van der Waals surface area contributed by atoms with E-state index in [0.717, 1.165) is 5.69 Å². The van der Waals surface area contributed by atoms with Crippen molar-refractivity contribution in [3.8, 4) is 5.75 Å². The van der Waals surface area contributed by atoms with Crippen LogP contribution in [-0.2, 0) is 4.79 Å². The Hall–Kier alpha value is -1.91. The van der Waals surface area contributed by atoms with Gasteiger partial charge in [0.25, 0.3) is 0 Å². The number of amides is 1. The van der Waals surface area contributed by atoms with Crippen LogP contribution >= 0.6 is 0 Å². The number of hydrogen-bond acceptors (Lipinski definition) is 4. The highest BCUT2D eigenvalue weighted by molar-refractivity contribution is 5.82. The number of nitrogen functional groups attached to an aromatic ring is 1. The molecule has 100 valence electrons. The van der Waals surface area contributed by atoms with Crippen molar-refractivity contribution in [2.45, 2.75) is 13.8 Å². The molecule has 0 unspecified atom stereocenters. The van der Waals surface area contributed by atoms with Gasteiger partial charge in [0, 0.05) is 37.1 Å². The predicted octanol–water partition coefficient (Wildman–Crippen LogP) is 1.46. The minimum Gasteiger partial charge on any atom is -0.497 e. The molecule has 4 N–H and O–H groups in total. The lowest BCUT2D eigenvalue weighted by Crippen LogP contribution is -2.39. The van der Waals surface area contributed by atoms with Gasteiger partial charge in [-0.1, -0.05) is 0 Å². The summed E-state index contributed by atoms with van der Waals surface area (Å²) in [4.78, 5) is 11.6. The van der Waals surface area contributed by atoms with Crippen molar-refractivity contribution in [3.63, 3.8) is 0 Å². The topological polar surface area (TPSA) is 76.4 Å². The SMILES string of the molecule is CNC(=O)C(C)(C)CNc1cc(N)cc(OC)c1. The number of nitrogens with two attached hydrogens (primary N) is 1. The van der Waals surface area contributed by atoms with Crippen LogP contribution in [0.25, 0.3) is 0 Å². The molecule has 1 aromatic carbocycles. The van der Waals surface area contributed by atoms with Gasteiger partial charge in [-0.05, 0) is 19.9 Å². The fourth-order valence-electron chi connectivity index (χ4n) is 1.58. The summed E-state index contributed by atoms with van der Waals surface area (Å²) in [5, 5.41) is 5.84. The number of methoxy groups -OCH3 is 1. The highest BCUT2D eigenvalue weighted by atomic mass is 16.5. The number of hydrogen-bond donors (Lipinski definition) is 3. The number of anilines is 2. The molecular formula is C13H21N3O2. The summed E-state index contributed by atoms with van der Waals surface area (Å²) in [6.45, 7) is 4.27. The Labute approximate surface area is 108 Å². The first-order chi connectivity index (χ1) is 8.39. The van der Waals surface area contributed by atoms with Crippen LogP contribution < -0.4 is 21.1 Å². The highest BCUT2D eigenvalue weighted by Crippen LogP contribution is 2.24. The lowest BCUT2D eigenvalue weighted by atomic mass is 9.92. The van der Waals surface area contributed by atoms with Crippen molar-refractivity contribution >= 4 is 17.3 Å². The van der Waals surface area contributed by atoms with Crippen molar-refractivity contribution in [1.29, 1.82) is 0 Å². The third kappa shape index (κ3) is 3.55. The van der Waals surface area contributed by atoms with Gasteiger partial charge in [0.15, 0.2) is 0 Å². The second kappa shape index (κ2) is 5.62. The zero-order valence-electron chi connectivity index (χ0n) is 11.3. The molecule has 1 aromatic rings. The zero-order valence-corrected chi connectivity index (χ0v) is 11.3. The van der Waals surface area contributed by atoms with Gasteiger partial charge in [0.1, 0.15) is 5.75 Å². The maximum atomic E-state index is 11.6. The highest BCUT2D eigenvalue weighted by Gasteiger charge is 2.26. The van der Waals surface area contributed by atoms with E-state index in [-0.39, 0.29) is 5.91 Å². The Morgan fingerprint density at radius 1 is 1.39 bits per heavy atom. The maximum Gasteiger partial charge on any atom is 0.227 e. The number of ether oxygens (including phenoxy) is 1. The molecule has 0 atom stereocenters. The molecule has 0 saturated carbocycles. The Balaban J connectivity index is 2.74. The summed E-state index contributed by atoms with van der Waals surface area (Å²) in [7, 11) is 3.22. The third-order valence-corrected chi connectivity index (χ3v) is 2.74. The lowest BCUT2D eigenvalue weighted by molar-refractivity contribution is -0.128. The summed E-state index contributed by atoms with van der Waals surface area (Å²) in [5.41, 5.74) is 6.72. The Morgan fingerprint density at radius 3 is 2.61 bits per heavy atom. The first-order valence-electron chi connectivity index (χ1n) is 5.79. The van der Waals surface area contributed by atoms with Crippen LogP contribution in [0, 0.1) is 5.41 Å². The van der Waals surface area contributed by atoms with E-state index >= 15 is 0 Å². The van der Waals surface area contributed by atoms with Gasteiger partial charge >= 0.3 is 0 Å². The van der Waals surface area contributed by atoms with Gasteiger partial charge in [0.2, 0.25) is 5.91 Å². The molecule has 5 heteroatoms. The maximum absolute atomic E-state index is 11.6. The van der Waals surface area contributed by atoms with Gasteiger partial charge < -0.3 is 21.1 Å². The monoisotopic (exact) mass is 251 g/mol. The number of rotatable bonds is 5. The summed E-state index contributed by atoms with van der Waals surface area (Å²) in [6, 6.07) is 5.40. The Bertz CT molecular complexity index is 430. The van der Waals surface area contributed by atoms with E-state index in [4.69, 9.17) is 10.5 Å². The van der Waals surface area contributed by atoms with E-state index in [9.17, 15) is 4.79 Å². The van der Waals surface area contributed by atoms with Gasteiger partial charge in [-0.2, -0.15) is 0 Å². The molecule has 1 rings (SSSR count). The van der Waals surface area contributed by atoms with E-state index in [2.05, 4.69) is 10.6 Å². The summed E-state index contributed by atoms with van der Waals surface area (Å²) >= 11 is 0. The number of carbonyl (C=O) groups is 1. The van der Waals surface area contributed by atoms with Gasteiger partial charge in [0.05, 0.1) is 12.5 Å². The van der Waals surface area contributed by atoms with Crippen LogP contribution in [-0.4, -0.2) is 26.6 Å². The molecule has 5 nitrogen and oxygen atoms in total. The average molecular weight is 251 g/mol. The minimum absolute atomic E-state index is 0.00846. The van der Waals surface area contributed by atoms with E-state index in [1.807, 2.05) is 26.0 Å². The Kier molecular flexibility index (Phi) is 4.42. The summed E-state index contributed by atoms with van der Waals surface area (Å²) in [6.07, 6.45) is 0. The van der Waals surface area contributed by atoms with E-state index in [1.165, 1.54) is 0 Å². The fourth-order valence-corrected chi connectivity index (χ4v) is 1.58. The third-order valence-electron chi connectivity index (χ3n) is 2.74. The van der Waals surface area contributed by atoms with Crippen LogP contribution in [0.1, 0.15) is 13.8 Å². The molecule has 0 aliphatic heterocycles. The normalized spacial score (nSPS) is 10.9. The van der Waals surface area contributed by atoms with Gasteiger partial charge in [-0.25, -0.2) is 0 Å². The molecule has 0 bridgehead atoms. The fraction of sp³-hybridized carbons (Fsp3) is 0.462. The van der Waals surface area contributed by atoms with Crippen molar-refractivity contribution in [2.75, 3.05) is 31.8 Å². The van der Waals surface area contributed by atoms with Crippen LogP contribution in [0.2, 0.25) is 0 Å². The van der Waals surface area contributed by atoms with E-state index < -0.39 is 5.41 Å². The quantitative estimate of drug-likeness (QED) is 0.692. The van der Waals surface area contributed by atoms with Crippen LogP contribution in [0.5, 0.6) is 5.75 Å². The zero-order chi connectivity index (χ0) is 13.8. The molecule has 0 aromatic heterocycles. The van der Waals surface area contributed by atoms with Crippen LogP contribution in [0.3, 0.4) is 0 Å². The summed E-state index contributed by atoms with van der Waals surface area (Å²) < 4.78 is 5.14. The van der Waals surface area contributed by atoms with Gasteiger partial charge in [-0.3, -0.25) is 4.79 Å². The van der Waals surface area contributed by atoms with Gasteiger partial charge in [-0.15, -0.1) is 0 Å². The molecule has 0 heterocycles. The first-order valence-corrected chi connectivity index (χ1v) is 5.79. The molecule has 0 saturated heterocycles. The molecule has 0 radical (unpaired) electrons. The first kappa shape index (κ1) is 14.2. The standard InChI is InChI=1S/C13H21N3O2/c1-13(2,12(17)15-3)8-16-10-5-9(14)6-11(7-10)18-4/h5-7,16H,8,14H2,1-4H3,(H,15,17). The van der Waals surface area contributed by atoms with E-state index in [1.54, 1.807) is 20.2 Å². The second-order valence-electron chi connectivity index (χ2n) is 4.81. The van der Waals surface area contributed by atoms with Crippen molar-refractivity contribution in [1.82, 2.24) is 5.32 Å². The minimum atomic E-state index is -0.493. The lowest BCUT2D eigenvalue weighted by Gasteiger charge is -2.23. The second-order valence-corrected chi connectivity index (χ2v) is 4.81. The molecule has 0 spiro atoms. The largest absolute Gasteiger partial charge is 0.497 e. The molecule has 1 amide bonds. The van der Waals surface area contributed by atoms with Crippen molar-refractivity contribution in [3.05, 3.63) is 18.2 Å². The number of nitrogens with one attached hydrogen (secondary N) is 2. The molecule has 18 heavy (non-hydrogen) atoms. The van der Waals surface area contributed by atoms with Crippen LogP contribution in [0.4, 0.5) is 11.4 Å².